The van der Waals surface area contributed by atoms with Gasteiger partial charge in [0.2, 0.25) is 11.8 Å². The highest BCUT2D eigenvalue weighted by molar-refractivity contribution is 5.80. The lowest BCUT2D eigenvalue weighted by molar-refractivity contribution is -0.137. The molecule has 0 bridgehead atoms. The fraction of sp³-hybridized carbons (Fsp3) is 0.696. The van der Waals surface area contributed by atoms with Crippen molar-refractivity contribution < 1.29 is 9.59 Å². The SMILES string of the molecule is O=C(CCC1CCN(C(=O)[C@@H]2CCCN(c3ccccn3)C2)CC1)N1CCCC1. The molecule has 0 aromatic carbocycles. The van der Waals surface area contributed by atoms with E-state index >= 15 is 0 Å². The van der Waals surface area contributed by atoms with Crippen LogP contribution >= 0.6 is 0 Å². The lowest BCUT2D eigenvalue weighted by Crippen LogP contribution is -2.47. The highest BCUT2D eigenvalue weighted by atomic mass is 16.2. The van der Waals surface area contributed by atoms with E-state index in [1.54, 1.807) is 0 Å². The summed E-state index contributed by atoms with van der Waals surface area (Å²) in [5.41, 5.74) is 0. The number of hydrogen-bond donors (Lipinski definition) is 0. The number of nitrogens with zero attached hydrogens (tertiary/aromatic N) is 4. The highest BCUT2D eigenvalue weighted by Crippen LogP contribution is 2.27. The van der Waals surface area contributed by atoms with E-state index in [4.69, 9.17) is 0 Å². The Morgan fingerprint density at radius 3 is 2.45 bits per heavy atom. The second-order valence-corrected chi connectivity index (χ2v) is 8.87. The number of anilines is 1. The Balaban J connectivity index is 1.22. The van der Waals surface area contributed by atoms with Gasteiger partial charge >= 0.3 is 0 Å². The lowest BCUT2D eigenvalue weighted by atomic mass is 9.90. The molecule has 0 aliphatic carbocycles. The topological polar surface area (TPSA) is 56.8 Å². The van der Waals surface area contributed by atoms with Crippen LogP contribution in [-0.4, -0.2) is 65.9 Å². The van der Waals surface area contributed by atoms with Crippen molar-refractivity contribution in [3.05, 3.63) is 24.4 Å². The third-order valence-electron chi connectivity index (χ3n) is 6.90. The molecule has 6 nitrogen and oxygen atoms in total. The number of carbonyl (C=O) groups excluding carboxylic acids is 2. The van der Waals surface area contributed by atoms with Crippen molar-refractivity contribution in [1.82, 2.24) is 14.8 Å². The molecule has 0 spiro atoms. The van der Waals surface area contributed by atoms with Crippen LogP contribution in [0.15, 0.2) is 24.4 Å². The molecule has 3 aliphatic heterocycles. The summed E-state index contributed by atoms with van der Waals surface area (Å²) in [6.45, 7) is 5.35. The summed E-state index contributed by atoms with van der Waals surface area (Å²) in [5.74, 6) is 2.29. The molecule has 3 aliphatic rings. The maximum Gasteiger partial charge on any atom is 0.227 e. The zero-order valence-corrected chi connectivity index (χ0v) is 17.5. The Hall–Kier alpha value is -2.11. The zero-order chi connectivity index (χ0) is 20.1. The van der Waals surface area contributed by atoms with Gasteiger partial charge in [0.15, 0.2) is 0 Å². The van der Waals surface area contributed by atoms with Crippen LogP contribution < -0.4 is 4.90 Å². The van der Waals surface area contributed by atoms with Crippen LogP contribution in [0.4, 0.5) is 5.82 Å². The first-order valence-corrected chi connectivity index (χ1v) is 11.4. The second-order valence-electron chi connectivity index (χ2n) is 8.87. The van der Waals surface area contributed by atoms with Gasteiger partial charge in [-0.25, -0.2) is 4.98 Å². The van der Waals surface area contributed by atoms with Crippen molar-refractivity contribution >= 4 is 17.6 Å². The van der Waals surface area contributed by atoms with Crippen molar-refractivity contribution in [3.8, 4) is 0 Å². The average molecular weight is 399 g/mol. The van der Waals surface area contributed by atoms with Crippen molar-refractivity contribution in [2.75, 3.05) is 44.2 Å². The van der Waals surface area contributed by atoms with Crippen LogP contribution in [0.1, 0.15) is 51.4 Å². The van der Waals surface area contributed by atoms with Crippen LogP contribution in [-0.2, 0) is 9.59 Å². The second kappa shape index (κ2) is 9.59. The van der Waals surface area contributed by atoms with E-state index in [1.807, 2.05) is 29.3 Å². The molecule has 158 valence electrons. The summed E-state index contributed by atoms with van der Waals surface area (Å²) >= 11 is 0. The lowest BCUT2D eigenvalue weighted by Gasteiger charge is -2.38. The number of amides is 2. The molecule has 1 aromatic heterocycles. The van der Waals surface area contributed by atoms with Crippen molar-refractivity contribution in [3.63, 3.8) is 0 Å². The van der Waals surface area contributed by atoms with Crippen LogP contribution in [0.3, 0.4) is 0 Å². The van der Waals surface area contributed by atoms with Crippen molar-refractivity contribution in [2.24, 2.45) is 11.8 Å². The van der Waals surface area contributed by atoms with Crippen LogP contribution in [0, 0.1) is 11.8 Å². The fourth-order valence-electron chi connectivity index (χ4n) is 5.08. The van der Waals surface area contributed by atoms with Crippen LogP contribution in [0.25, 0.3) is 0 Å². The van der Waals surface area contributed by atoms with Gasteiger partial charge in [-0.05, 0) is 63.0 Å². The minimum Gasteiger partial charge on any atom is -0.356 e. The Labute approximate surface area is 174 Å². The molecule has 6 heteroatoms. The molecule has 4 rings (SSSR count). The third kappa shape index (κ3) is 5.09. The predicted molar refractivity (Wildman–Crippen MR) is 114 cm³/mol. The maximum atomic E-state index is 13.1. The molecule has 2 amide bonds. The van der Waals surface area contributed by atoms with Gasteiger partial charge in [0.05, 0.1) is 5.92 Å². The maximum absolute atomic E-state index is 13.1. The molecule has 29 heavy (non-hydrogen) atoms. The van der Waals surface area contributed by atoms with Gasteiger partial charge in [-0.3, -0.25) is 9.59 Å². The van der Waals surface area contributed by atoms with E-state index in [9.17, 15) is 9.59 Å². The smallest absolute Gasteiger partial charge is 0.227 e. The summed E-state index contributed by atoms with van der Waals surface area (Å²) in [6.07, 6.45) is 9.89. The first kappa shape index (κ1) is 20.2. The predicted octanol–water partition coefficient (Wildman–Crippen LogP) is 2.94. The van der Waals surface area contributed by atoms with E-state index < -0.39 is 0 Å². The average Bonchev–Trinajstić information content (AvgIpc) is 3.33. The first-order chi connectivity index (χ1) is 14.2. The van der Waals surface area contributed by atoms with Gasteiger partial charge in [-0.1, -0.05) is 6.07 Å². The standard InChI is InChI=1S/C23H34N4O2/c28-22(25-13-3-4-14-25)9-8-19-10-16-26(17-11-19)23(29)20-6-5-15-27(18-20)21-7-1-2-12-24-21/h1-2,7,12,19-20H,3-6,8-11,13-18H2/t20-/m1/s1. The van der Waals surface area contributed by atoms with Gasteiger partial charge in [0.25, 0.3) is 0 Å². The zero-order valence-electron chi connectivity index (χ0n) is 17.5. The first-order valence-electron chi connectivity index (χ1n) is 11.4. The van der Waals surface area contributed by atoms with Crippen molar-refractivity contribution in [1.29, 1.82) is 0 Å². The van der Waals surface area contributed by atoms with Gasteiger partial charge in [-0.2, -0.15) is 0 Å². The normalized spacial score (nSPS) is 23.4. The summed E-state index contributed by atoms with van der Waals surface area (Å²) in [6, 6.07) is 5.97. The van der Waals surface area contributed by atoms with Crippen LogP contribution in [0.5, 0.6) is 0 Å². The number of pyridine rings is 1. The largest absolute Gasteiger partial charge is 0.356 e. The molecule has 0 radical (unpaired) electrons. The van der Waals surface area contributed by atoms with Gasteiger partial charge in [0, 0.05) is 51.9 Å². The van der Waals surface area contributed by atoms with Gasteiger partial charge in [-0.15, -0.1) is 0 Å². The molecular weight excluding hydrogens is 364 g/mol. The molecule has 3 saturated heterocycles. The van der Waals surface area contributed by atoms with Gasteiger partial charge in [0.1, 0.15) is 5.82 Å². The molecular formula is C23H34N4O2. The molecule has 4 heterocycles. The molecule has 3 fully saturated rings. The number of hydrogen-bond acceptors (Lipinski definition) is 4. The quantitative estimate of drug-likeness (QED) is 0.765. The van der Waals surface area contributed by atoms with E-state index in [1.165, 1.54) is 0 Å². The minimum absolute atomic E-state index is 0.0825. The summed E-state index contributed by atoms with van der Waals surface area (Å²) in [5, 5.41) is 0. The third-order valence-corrected chi connectivity index (χ3v) is 6.90. The molecule has 1 aromatic rings. The summed E-state index contributed by atoms with van der Waals surface area (Å²) < 4.78 is 0. The molecule has 0 saturated carbocycles. The fourth-order valence-corrected chi connectivity index (χ4v) is 5.08. The number of carbonyl (C=O) groups is 2. The number of likely N-dealkylation sites (tertiary alicyclic amines) is 2. The Kier molecular flexibility index (Phi) is 6.67. The summed E-state index contributed by atoms with van der Waals surface area (Å²) in [4.78, 5) is 36.2. The van der Waals surface area contributed by atoms with Gasteiger partial charge < -0.3 is 14.7 Å². The molecule has 0 N–H and O–H groups in total. The molecule has 0 unspecified atom stereocenters. The number of rotatable bonds is 5. The highest BCUT2D eigenvalue weighted by Gasteiger charge is 2.32. The van der Waals surface area contributed by atoms with E-state index in [0.717, 1.165) is 90.0 Å². The molecule has 1 atom stereocenters. The Morgan fingerprint density at radius 2 is 1.72 bits per heavy atom. The number of piperidine rings is 2. The van der Waals surface area contributed by atoms with Crippen LogP contribution in [0.2, 0.25) is 0 Å². The monoisotopic (exact) mass is 398 g/mol. The van der Waals surface area contributed by atoms with E-state index in [2.05, 4.69) is 14.8 Å². The Bertz CT molecular complexity index is 681. The van der Waals surface area contributed by atoms with E-state index in [0.29, 0.717) is 24.2 Å². The summed E-state index contributed by atoms with van der Waals surface area (Å²) in [7, 11) is 0. The van der Waals surface area contributed by atoms with E-state index in [-0.39, 0.29) is 5.92 Å². The number of aromatic nitrogens is 1. The van der Waals surface area contributed by atoms with Crippen molar-refractivity contribution in [2.45, 2.75) is 51.4 Å². The Morgan fingerprint density at radius 1 is 0.931 bits per heavy atom. The minimum atomic E-state index is 0.0825.